The molecule has 1 aliphatic heterocycles. The number of halogens is 1. The Morgan fingerprint density at radius 2 is 2.11 bits per heavy atom. The van der Waals surface area contributed by atoms with Crippen LogP contribution >= 0.6 is 11.6 Å². The predicted octanol–water partition coefficient (Wildman–Crippen LogP) is 3.74. The van der Waals surface area contributed by atoms with Crippen LogP contribution < -0.4 is 0 Å². The summed E-state index contributed by atoms with van der Waals surface area (Å²) >= 11 is 6.08. The summed E-state index contributed by atoms with van der Waals surface area (Å²) in [6.07, 6.45) is 2.10. The van der Waals surface area contributed by atoms with Gasteiger partial charge in [0.1, 0.15) is 10.8 Å². The van der Waals surface area contributed by atoms with Crippen molar-refractivity contribution in [3.05, 3.63) is 28.5 Å². The predicted molar refractivity (Wildman–Crippen MR) is 102 cm³/mol. The van der Waals surface area contributed by atoms with Gasteiger partial charge in [0.25, 0.3) is 0 Å². The molecule has 1 fully saturated rings. The first-order valence-corrected chi connectivity index (χ1v) is 9.84. The van der Waals surface area contributed by atoms with E-state index in [1.165, 1.54) is 0 Å². The second kappa shape index (κ2) is 7.30. The molecule has 0 aromatic carbocycles. The smallest absolute Gasteiger partial charge is 0.410 e. The van der Waals surface area contributed by atoms with Crippen molar-refractivity contribution < 1.29 is 19.1 Å². The fourth-order valence-electron chi connectivity index (χ4n) is 4.27. The van der Waals surface area contributed by atoms with Crippen LogP contribution in [0.5, 0.6) is 0 Å². The van der Waals surface area contributed by atoms with Gasteiger partial charge in [0.15, 0.2) is 0 Å². The number of rotatable bonds is 2. The second-order valence-electron chi connectivity index (χ2n) is 8.30. The molecule has 148 valence electrons. The molecule has 6 nitrogen and oxygen atoms in total. The average molecular weight is 395 g/mol. The molecule has 7 heteroatoms. The number of nitrogens with zero attached hydrogens (tertiary/aromatic N) is 2. The van der Waals surface area contributed by atoms with Gasteiger partial charge >= 0.3 is 12.1 Å². The number of carbonyl (C=O) groups excluding carboxylic acids is 2. The van der Waals surface area contributed by atoms with Crippen LogP contribution in [0.3, 0.4) is 0 Å². The van der Waals surface area contributed by atoms with Gasteiger partial charge in [0.05, 0.1) is 12.5 Å². The number of hydrogen-bond acceptors (Lipinski definition) is 5. The van der Waals surface area contributed by atoms with Gasteiger partial charge in [-0.25, -0.2) is 9.78 Å². The summed E-state index contributed by atoms with van der Waals surface area (Å²) in [6, 6.07) is 3.71. The third-order valence-corrected chi connectivity index (χ3v) is 5.49. The van der Waals surface area contributed by atoms with Crippen LogP contribution in [-0.4, -0.2) is 47.2 Å². The number of aryl methyl sites for hydroxylation is 1. The van der Waals surface area contributed by atoms with Crippen molar-refractivity contribution in [1.29, 1.82) is 0 Å². The number of likely N-dealkylation sites (tertiary alicyclic amines) is 1. The Hall–Kier alpha value is -1.82. The van der Waals surface area contributed by atoms with Crippen LogP contribution in [0.25, 0.3) is 0 Å². The van der Waals surface area contributed by atoms with Crippen LogP contribution in [0.4, 0.5) is 4.79 Å². The number of ether oxygens (including phenoxy) is 2. The molecule has 2 atom stereocenters. The molecule has 1 aliphatic carbocycles. The Bertz CT molecular complexity index is 746. The number of aromatic nitrogens is 1. The van der Waals surface area contributed by atoms with E-state index in [0.29, 0.717) is 18.3 Å². The minimum absolute atomic E-state index is 0.272. The van der Waals surface area contributed by atoms with Crippen LogP contribution in [0.2, 0.25) is 5.15 Å². The van der Waals surface area contributed by atoms with Gasteiger partial charge in [-0.05, 0) is 58.6 Å². The molecule has 2 aliphatic rings. The zero-order valence-corrected chi connectivity index (χ0v) is 17.1. The standard InChI is InChI=1S/C20H27ClN2O4/c1-5-26-17(24)14-11-23(18(25)27-19(2,3)4)12-20(14)10-6-7-15-13(20)8-9-16(21)22-15/h8-9,14H,5-7,10-12H2,1-4H3/t14-,20-/m0/s1. The van der Waals surface area contributed by atoms with Gasteiger partial charge in [-0.3, -0.25) is 4.79 Å². The van der Waals surface area contributed by atoms with E-state index in [1.54, 1.807) is 17.9 Å². The van der Waals surface area contributed by atoms with Crippen LogP contribution in [-0.2, 0) is 26.1 Å². The fraction of sp³-hybridized carbons (Fsp3) is 0.650. The van der Waals surface area contributed by atoms with Gasteiger partial charge in [0, 0.05) is 24.2 Å². The van der Waals surface area contributed by atoms with Crippen molar-refractivity contribution in [1.82, 2.24) is 9.88 Å². The number of hydrogen-bond donors (Lipinski definition) is 0. The van der Waals surface area contributed by atoms with Crippen molar-refractivity contribution in [2.75, 3.05) is 19.7 Å². The molecule has 1 aromatic heterocycles. The second-order valence-corrected chi connectivity index (χ2v) is 8.69. The summed E-state index contributed by atoms with van der Waals surface area (Å²) in [7, 11) is 0. The Kier molecular flexibility index (Phi) is 5.39. The Labute approximate surface area is 165 Å². The third kappa shape index (κ3) is 3.91. The van der Waals surface area contributed by atoms with Crippen molar-refractivity contribution in [3.8, 4) is 0 Å². The van der Waals surface area contributed by atoms with E-state index in [4.69, 9.17) is 21.1 Å². The molecular weight excluding hydrogens is 368 g/mol. The lowest BCUT2D eigenvalue weighted by Crippen LogP contribution is -2.43. The maximum Gasteiger partial charge on any atom is 0.410 e. The quantitative estimate of drug-likeness (QED) is 0.564. The van der Waals surface area contributed by atoms with Crippen LogP contribution in [0, 0.1) is 5.92 Å². The first kappa shape index (κ1) is 19.9. The Balaban J connectivity index is 1.99. The molecule has 0 bridgehead atoms. The van der Waals surface area contributed by atoms with Gasteiger partial charge in [-0.2, -0.15) is 0 Å². The molecule has 1 amide bonds. The van der Waals surface area contributed by atoms with E-state index in [1.807, 2.05) is 26.8 Å². The molecular formula is C20H27ClN2O4. The molecule has 0 saturated carbocycles. The molecule has 1 spiro atoms. The van der Waals surface area contributed by atoms with E-state index in [-0.39, 0.29) is 12.5 Å². The lowest BCUT2D eigenvalue weighted by molar-refractivity contribution is -0.149. The fourth-order valence-corrected chi connectivity index (χ4v) is 4.43. The van der Waals surface area contributed by atoms with Crippen molar-refractivity contribution in [2.24, 2.45) is 5.92 Å². The number of carbonyl (C=O) groups is 2. The zero-order chi connectivity index (χ0) is 19.8. The molecule has 0 radical (unpaired) electrons. The van der Waals surface area contributed by atoms with E-state index >= 15 is 0 Å². The summed E-state index contributed by atoms with van der Waals surface area (Å²) in [5.41, 5.74) is 0.816. The lowest BCUT2D eigenvalue weighted by atomic mass is 9.65. The van der Waals surface area contributed by atoms with Crippen molar-refractivity contribution >= 4 is 23.7 Å². The molecule has 1 saturated heterocycles. The van der Waals surface area contributed by atoms with Crippen molar-refractivity contribution in [3.63, 3.8) is 0 Å². The van der Waals surface area contributed by atoms with Gasteiger partial charge in [0.2, 0.25) is 0 Å². The highest BCUT2D eigenvalue weighted by Crippen LogP contribution is 2.48. The molecule has 3 rings (SSSR count). The monoisotopic (exact) mass is 394 g/mol. The average Bonchev–Trinajstić information content (AvgIpc) is 2.94. The zero-order valence-electron chi connectivity index (χ0n) is 16.4. The minimum atomic E-state index is -0.591. The third-order valence-electron chi connectivity index (χ3n) is 5.28. The lowest BCUT2D eigenvalue weighted by Gasteiger charge is -2.38. The molecule has 0 N–H and O–H groups in total. The van der Waals surface area contributed by atoms with E-state index in [2.05, 4.69) is 4.98 Å². The first-order valence-electron chi connectivity index (χ1n) is 9.47. The highest BCUT2D eigenvalue weighted by Gasteiger charge is 2.55. The highest BCUT2D eigenvalue weighted by atomic mass is 35.5. The number of esters is 1. The van der Waals surface area contributed by atoms with Crippen LogP contribution in [0.1, 0.15) is 51.8 Å². The highest BCUT2D eigenvalue weighted by molar-refractivity contribution is 6.29. The van der Waals surface area contributed by atoms with E-state index in [0.717, 1.165) is 30.5 Å². The van der Waals surface area contributed by atoms with E-state index < -0.39 is 23.0 Å². The topological polar surface area (TPSA) is 68.7 Å². The molecule has 27 heavy (non-hydrogen) atoms. The summed E-state index contributed by atoms with van der Waals surface area (Å²) in [6.45, 7) is 8.31. The Morgan fingerprint density at radius 3 is 2.78 bits per heavy atom. The molecule has 1 aromatic rings. The Morgan fingerprint density at radius 1 is 1.37 bits per heavy atom. The number of fused-ring (bicyclic) bond motifs is 2. The maximum absolute atomic E-state index is 12.8. The maximum atomic E-state index is 12.8. The first-order chi connectivity index (χ1) is 12.7. The van der Waals surface area contributed by atoms with Crippen molar-refractivity contribution in [2.45, 2.75) is 58.0 Å². The number of pyridine rings is 1. The van der Waals surface area contributed by atoms with Gasteiger partial charge in [-0.1, -0.05) is 17.7 Å². The van der Waals surface area contributed by atoms with E-state index in [9.17, 15) is 9.59 Å². The SMILES string of the molecule is CCOC(=O)[C@@H]1CN(C(=O)OC(C)(C)C)C[C@]12CCCc1nc(Cl)ccc12. The normalized spacial score (nSPS) is 24.6. The number of amides is 1. The minimum Gasteiger partial charge on any atom is -0.466 e. The van der Waals surface area contributed by atoms with Gasteiger partial charge in [-0.15, -0.1) is 0 Å². The van der Waals surface area contributed by atoms with Gasteiger partial charge < -0.3 is 14.4 Å². The van der Waals surface area contributed by atoms with Crippen LogP contribution in [0.15, 0.2) is 12.1 Å². The summed E-state index contributed by atoms with van der Waals surface area (Å²) in [5.74, 6) is -0.710. The summed E-state index contributed by atoms with van der Waals surface area (Å²) in [5, 5.41) is 0.445. The summed E-state index contributed by atoms with van der Waals surface area (Å²) < 4.78 is 10.9. The molecule has 0 unspecified atom stereocenters. The summed E-state index contributed by atoms with van der Waals surface area (Å²) in [4.78, 5) is 31.6. The largest absolute Gasteiger partial charge is 0.466 e. The molecule has 2 heterocycles.